The molecule has 10 heteroatoms. The van der Waals surface area contributed by atoms with E-state index in [9.17, 15) is 0 Å². The zero-order chi connectivity index (χ0) is 7.15. The molecule has 0 rings (SSSR count). The van der Waals surface area contributed by atoms with Crippen LogP contribution in [0, 0.1) is 0 Å². The number of hydrogen-bond donors (Lipinski definition) is 0. The summed E-state index contributed by atoms with van der Waals surface area (Å²) >= 11 is 0. The van der Waals surface area contributed by atoms with Crippen LogP contribution in [0.15, 0.2) is 0 Å². The summed E-state index contributed by atoms with van der Waals surface area (Å²) in [4.78, 5) is 0. The van der Waals surface area contributed by atoms with Gasteiger partial charge in [0.15, 0.2) is 0 Å². The van der Waals surface area contributed by atoms with Crippen molar-refractivity contribution in [2.45, 2.75) is 0 Å². The maximum absolute atomic E-state index is 8.42. The van der Waals surface area contributed by atoms with Gasteiger partial charge >= 0.3 is 27.3 Å². The minimum absolute atomic E-state index is 0. The number of rotatable bonds is 0. The van der Waals surface area contributed by atoms with E-state index in [0.717, 1.165) is 0 Å². The van der Waals surface area contributed by atoms with Gasteiger partial charge in [0.1, 0.15) is 0 Å². The molecule has 0 aliphatic carbocycles. The van der Waals surface area contributed by atoms with E-state index in [1.165, 1.54) is 0 Å². The molecule has 54 valence electrons. The fourth-order valence-corrected chi connectivity index (χ4v) is 0. The fraction of sp³-hybridized carbons (Fsp3) is 0. The Morgan fingerprint density at radius 3 is 0.600 bits per heavy atom. The van der Waals surface area contributed by atoms with Crippen LogP contribution in [0.3, 0.4) is 0 Å². The van der Waals surface area contributed by atoms with Gasteiger partial charge in [-0.3, -0.25) is 14.6 Å². The van der Waals surface area contributed by atoms with Crippen molar-refractivity contribution in [3.05, 3.63) is 0 Å². The van der Waals surface area contributed by atoms with E-state index in [0.29, 0.717) is 0 Å². The second-order valence-corrected chi connectivity index (χ2v) is 0.577. The van der Waals surface area contributed by atoms with Crippen molar-refractivity contribution in [3.63, 3.8) is 0 Å². The van der Waals surface area contributed by atoms with E-state index in [2.05, 4.69) is 0 Å². The Kier molecular flexibility index (Phi) is 38.0. The van der Waals surface area contributed by atoms with E-state index in [1.807, 2.05) is 0 Å². The van der Waals surface area contributed by atoms with Crippen molar-refractivity contribution in [2.24, 2.45) is 0 Å². The van der Waals surface area contributed by atoms with E-state index in [-0.39, 0.29) is 48.4 Å². The predicted molar refractivity (Wildman–Crippen MR) is 11.5 cm³/mol. The van der Waals surface area contributed by atoms with Crippen molar-refractivity contribution in [1.29, 1.82) is 0 Å². The molecule has 0 aromatic rings. The second kappa shape index (κ2) is 16.8. The Balaban J connectivity index is -0.0000000300. The Bertz CT molecular complexity index is 31.2. The normalized spacial score (nSPS) is 5.40. The molecule has 0 aliphatic rings. The first kappa shape index (κ1) is 22.5. The van der Waals surface area contributed by atoms with Crippen molar-refractivity contribution in [3.8, 4) is 0 Å². The molecule has 0 spiro atoms. The summed E-state index contributed by atoms with van der Waals surface area (Å²) < 4.78 is 0. The molecule has 0 radical (unpaired) electrons. The third-order valence-electron chi connectivity index (χ3n) is 0. The largest absolute Gasteiger partial charge is 2.00 e. The summed E-state index contributed by atoms with van der Waals surface area (Å²) in [7, 11) is -5.83. The first-order valence-corrected chi connectivity index (χ1v) is 1.41. The molecule has 0 saturated carbocycles. The zero-order valence-electron chi connectivity index (χ0n) is 4.72. The molecule has 0 aliphatic heterocycles. The Hall–Kier alpha value is 1.50. The van der Waals surface area contributed by atoms with Crippen molar-refractivity contribution in [1.82, 2.24) is 0 Å². The fourth-order valence-electron chi connectivity index (χ4n) is 0. The molecule has 0 bridgehead atoms. The summed E-state index contributed by atoms with van der Waals surface area (Å²) in [6, 6.07) is 0. The average molecular weight is 414 g/mol. The molecule has 0 N–H and O–H groups in total. The molecule has 0 unspecified atom stereocenters. The molecule has 0 fully saturated rings. The topological polar surface area (TPSA) is 138 Å². The van der Waals surface area contributed by atoms with Gasteiger partial charge in [0, 0.05) is 21.1 Å². The summed E-state index contributed by atoms with van der Waals surface area (Å²) in [5.41, 5.74) is 0. The van der Waals surface area contributed by atoms with Crippen molar-refractivity contribution < 1.29 is 78.5 Å². The van der Waals surface area contributed by atoms with Gasteiger partial charge in [-0.2, -0.15) is 0 Å². The second-order valence-electron chi connectivity index (χ2n) is 0.577. The molecule has 6 nitrogen and oxygen atoms in total. The maximum Gasteiger partial charge on any atom is 2.00 e. The summed E-state index contributed by atoms with van der Waals surface area (Å²) in [6.45, 7) is 0. The van der Waals surface area contributed by atoms with Gasteiger partial charge in [-0.25, -0.2) is 0 Å². The molecule has 0 amide bonds. The predicted octanol–water partition coefficient (Wildman–Crippen LogP) is -7.90. The first-order chi connectivity index (χ1) is 3.46. The SMILES string of the molecule is [Cd+2].[O-]B([O-])[O-].[O-]B([O-])[O-].[W]. The molecule has 0 aromatic carbocycles. The van der Waals surface area contributed by atoms with Crippen LogP contribution in [-0.2, 0) is 48.4 Å². The Labute approximate surface area is 92.7 Å². The zero-order valence-corrected chi connectivity index (χ0v) is 11.7. The van der Waals surface area contributed by atoms with Crippen LogP contribution in [0.4, 0.5) is 0 Å². The monoisotopic (exact) mass is 416 g/mol. The average Bonchev–Trinajstić information content (AvgIpc) is 1.25. The van der Waals surface area contributed by atoms with Crippen molar-refractivity contribution >= 4 is 14.6 Å². The Morgan fingerprint density at radius 1 is 0.600 bits per heavy atom. The van der Waals surface area contributed by atoms with E-state index in [1.54, 1.807) is 0 Å². The molecule has 0 atom stereocenters. The van der Waals surface area contributed by atoms with Crippen LogP contribution in [0.5, 0.6) is 0 Å². The summed E-state index contributed by atoms with van der Waals surface area (Å²) in [5.74, 6) is 0. The smallest absolute Gasteiger partial charge is 0.907 e. The van der Waals surface area contributed by atoms with Crippen LogP contribution in [0.25, 0.3) is 0 Å². The van der Waals surface area contributed by atoms with Crippen LogP contribution >= 0.6 is 0 Å². The van der Waals surface area contributed by atoms with Crippen LogP contribution in [-0.4, -0.2) is 14.6 Å². The van der Waals surface area contributed by atoms with Gasteiger partial charge < -0.3 is 30.1 Å². The molecular weight excluding hydrogens is 414 g/mol. The molecule has 0 heterocycles. The van der Waals surface area contributed by atoms with Gasteiger partial charge in [0.25, 0.3) is 0 Å². The van der Waals surface area contributed by atoms with Gasteiger partial charge in [-0.1, -0.05) is 0 Å². The third kappa shape index (κ3) is 305. The van der Waals surface area contributed by atoms with E-state index in [4.69, 9.17) is 30.1 Å². The molecule has 0 aromatic heterocycles. The van der Waals surface area contributed by atoms with Gasteiger partial charge in [0.05, 0.1) is 0 Å². The molecule has 10 heavy (non-hydrogen) atoms. The molecule has 0 saturated heterocycles. The standard InChI is InChI=1S/2BO3.Cd.W/c2*2-1(3)4;;/q2*-3;+2;. The summed E-state index contributed by atoms with van der Waals surface area (Å²) in [6.07, 6.45) is 0. The minimum Gasteiger partial charge on any atom is -0.907 e. The maximum atomic E-state index is 8.42. The summed E-state index contributed by atoms with van der Waals surface area (Å²) in [5, 5.41) is 50.5. The van der Waals surface area contributed by atoms with Gasteiger partial charge in [0.2, 0.25) is 0 Å². The minimum atomic E-state index is -2.92. The molecular formula is B2CdO6W-4. The van der Waals surface area contributed by atoms with Crippen LogP contribution in [0.1, 0.15) is 0 Å². The van der Waals surface area contributed by atoms with Crippen molar-refractivity contribution in [2.75, 3.05) is 0 Å². The van der Waals surface area contributed by atoms with Crippen LogP contribution < -0.4 is 30.1 Å². The van der Waals surface area contributed by atoms with E-state index < -0.39 is 14.6 Å². The number of hydrogen-bond acceptors (Lipinski definition) is 6. The first-order valence-electron chi connectivity index (χ1n) is 1.41. The van der Waals surface area contributed by atoms with Gasteiger partial charge in [-0.15, -0.1) is 0 Å². The van der Waals surface area contributed by atoms with Crippen LogP contribution in [0.2, 0.25) is 0 Å². The van der Waals surface area contributed by atoms with Gasteiger partial charge in [-0.05, 0) is 0 Å². The van der Waals surface area contributed by atoms with E-state index >= 15 is 0 Å². The quantitative estimate of drug-likeness (QED) is 0.361. The Morgan fingerprint density at radius 2 is 0.600 bits per heavy atom. The third-order valence-corrected chi connectivity index (χ3v) is 0.